The van der Waals surface area contributed by atoms with E-state index in [2.05, 4.69) is 28.6 Å². The summed E-state index contributed by atoms with van der Waals surface area (Å²) < 4.78 is 12.8. The molecule has 0 amide bonds. The second kappa shape index (κ2) is 27.7. The van der Waals surface area contributed by atoms with Gasteiger partial charge in [-0.2, -0.15) is 0 Å². The fraction of sp³-hybridized carbons (Fsp3) is 0.766. The second-order valence-electron chi connectivity index (χ2n) is 26.4. The average Bonchev–Trinajstić information content (AvgIpc) is 4.42. The summed E-state index contributed by atoms with van der Waals surface area (Å²) in [4.78, 5) is 8.89. The van der Waals surface area contributed by atoms with E-state index in [0.717, 1.165) is 72.0 Å². The van der Waals surface area contributed by atoms with Gasteiger partial charge >= 0.3 is 0 Å². The maximum atomic E-state index is 11.8. The van der Waals surface area contributed by atoms with E-state index < -0.39 is 12.2 Å². The van der Waals surface area contributed by atoms with Gasteiger partial charge in [0.1, 0.15) is 24.2 Å². The summed E-state index contributed by atoms with van der Waals surface area (Å²) in [7, 11) is 3.99. The van der Waals surface area contributed by atoms with Crippen LogP contribution < -0.4 is 26.8 Å². The van der Waals surface area contributed by atoms with Crippen LogP contribution in [0.3, 0.4) is 0 Å². The van der Waals surface area contributed by atoms with Crippen molar-refractivity contribution >= 4 is 27.5 Å². The normalized spacial score (nSPS) is 31.6. The van der Waals surface area contributed by atoms with Crippen molar-refractivity contribution in [2.75, 3.05) is 31.3 Å². The number of hydrogen-bond donors (Lipinski definition) is 10. The van der Waals surface area contributed by atoms with Crippen LogP contribution in [-0.2, 0) is 32.3 Å². The Morgan fingerprint density at radius 1 is 0.886 bits per heavy atom. The molecule has 14 unspecified atom stereocenters. The molecule has 3 heterocycles. The van der Waals surface area contributed by atoms with E-state index in [1.165, 1.54) is 120 Å². The number of aliphatic hydroxyl groups is 4. The molecular formula is C64H100N6O7S2. The van der Waals surface area contributed by atoms with Crippen LogP contribution in [0.15, 0.2) is 39.7 Å². The van der Waals surface area contributed by atoms with Gasteiger partial charge in [-0.05, 0) is 198 Å². The number of furan rings is 1. The Morgan fingerprint density at radius 3 is 2.49 bits per heavy atom. The SMILES string of the molecule is CC(O)CNC(CCCO)C1c2cc(C(O)COc3cc(CCc4cc(CO)c(CCC5CCC6C7CSSCC(N=C(N)NC8CCCCC8)C(C)CCC6C(C5)CC7N)o4)ccc3O)[nH]c2CC2(CCCC2)C2CCCC12. The third-order valence-electron chi connectivity index (χ3n) is 21.2. The molecule has 7 aliphatic rings. The minimum Gasteiger partial charge on any atom is -0.504 e. The lowest BCUT2D eigenvalue weighted by Crippen LogP contribution is -2.47. The van der Waals surface area contributed by atoms with Crippen LogP contribution in [-0.4, -0.2) is 98.0 Å². The molecule has 10 rings (SSSR count). The van der Waals surface area contributed by atoms with Gasteiger partial charge in [0.05, 0.1) is 18.8 Å². The van der Waals surface area contributed by atoms with Crippen molar-refractivity contribution in [1.82, 2.24) is 15.6 Å². The van der Waals surface area contributed by atoms with Gasteiger partial charge in [-0.25, -0.2) is 4.99 Å². The van der Waals surface area contributed by atoms with Gasteiger partial charge in [0.25, 0.3) is 0 Å². The number of fused-ring (bicyclic) bond motifs is 3. The minimum atomic E-state index is -0.938. The zero-order valence-electron chi connectivity index (χ0n) is 47.9. The molecule has 0 radical (unpaired) electrons. The topological polar surface area (TPSA) is 228 Å². The van der Waals surface area contributed by atoms with Gasteiger partial charge < -0.3 is 61.8 Å². The molecule has 12 N–H and O–H groups in total. The molecule has 4 bridgehead atoms. The fourth-order valence-corrected chi connectivity index (χ4v) is 20.0. The van der Waals surface area contributed by atoms with Gasteiger partial charge in [0.15, 0.2) is 17.5 Å². The van der Waals surface area contributed by atoms with Crippen molar-refractivity contribution in [2.45, 2.75) is 223 Å². The Balaban J connectivity index is 0.752. The summed E-state index contributed by atoms with van der Waals surface area (Å²) in [6.45, 7) is 4.79. The molecule has 6 aliphatic carbocycles. The van der Waals surface area contributed by atoms with Crippen LogP contribution in [0.5, 0.6) is 11.5 Å². The number of phenolic OH excluding ortho intramolecular Hbond substituents is 1. The second-order valence-corrected chi connectivity index (χ2v) is 28.9. The lowest BCUT2D eigenvalue weighted by Gasteiger charge is -2.46. The van der Waals surface area contributed by atoms with Gasteiger partial charge in [0.2, 0.25) is 0 Å². The van der Waals surface area contributed by atoms with Gasteiger partial charge in [-0.1, -0.05) is 79.5 Å². The van der Waals surface area contributed by atoms with Crippen molar-refractivity contribution in [3.63, 3.8) is 0 Å². The molecule has 5 saturated carbocycles. The number of hydrogen-bond acceptors (Lipinski definition) is 12. The molecule has 1 spiro atoms. The zero-order chi connectivity index (χ0) is 55.0. The number of nitrogens with zero attached hydrogens (tertiary/aromatic N) is 1. The minimum absolute atomic E-state index is 0.0218. The first-order valence-electron chi connectivity index (χ1n) is 31.6. The van der Waals surface area contributed by atoms with Crippen molar-refractivity contribution in [3.05, 3.63) is 69.9 Å². The summed E-state index contributed by atoms with van der Waals surface area (Å²) in [6.07, 6.45) is 26.4. The summed E-state index contributed by atoms with van der Waals surface area (Å²) >= 11 is 0. The lowest BCUT2D eigenvalue weighted by atomic mass is 9.62. The first-order chi connectivity index (χ1) is 38.4. The summed E-state index contributed by atoms with van der Waals surface area (Å²) in [6, 6.07) is 10.7. The summed E-state index contributed by atoms with van der Waals surface area (Å²) in [5, 5.41) is 61.1. The number of aromatic nitrogens is 1. The number of aromatic hydroxyl groups is 1. The van der Waals surface area contributed by atoms with E-state index in [1.807, 2.05) is 46.7 Å². The number of H-pyrrole nitrogens is 1. The maximum Gasteiger partial charge on any atom is 0.189 e. The molecule has 2 aromatic heterocycles. The van der Waals surface area contributed by atoms with Crippen LogP contribution in [0.1, 0.15) is 200 Å². The molecule has 1 aliphatic heterocycles. The number of phenols is 1. The molecule has 14 atom stereocenters. The molecule has 440 valence electrons. The van der Waals surface area contributed by atoms with Gasteiger partial charge in [0, 0.05) is 78.5 Å². The Morgan fingerprint density at radius 2 is 1.70 bits per heavy atom. The molecule has 15 heteroatoms. The number of aromatic amines is 1. The molecular weight excluding hydrogens is 1030 g/mol. The molecule has 6 fully saturated rings. The lowest BCUT2D eigenvalue weighted by molar-refractivity contribution is 0.0716. The Bertz CT molecular complexity index is 2420. The number of ether oxygens (including phenoxy) is 1. The smallest absolute Gasteiger partial charge is 0.189 e. The predicted molar refractivity (Wildman–Crippen MR) is 320 cm³/mol. The number of nitrogens with two attached hydrogens (primary N) is 2. The third-order valence-corrected chi connectivity index (χ3v) is 23.7. The van der Waals surface area contributed by atoms with Crippen LogP contribution >= 0.6 is 21.6 Å². The van der Waals surface area contributed by atoms with Crippen LogP contribution in [0, 0.1) is 52.8 Å². The van der Waals surface area contributed by atoms with Crippen molar-refractivity contribution in [3.8, 4) is 11.5 Å². The number of benzene rings is 1. The number of aryl methyl sites for hydroxylation is 3. The Kier molecular flexibility index (Phi) is 20.8. The monoisotopic (exact) mass is 1130 g/mol. The highest BCUT2D eigenvalue weighted by Gasteiger charge is 2.53. The largest absolute Gasteiger partial charge is 0.504 e. The van der Waals surface area contributed by atoms with Crippen molar-refractivity contribution in [1.29, 1.82) is 0 Å². The average molecular weight is 1130 g/mol. The van der Waals surface area contributed by atoms with E-state index in [0.29, 0.717) is 90.9 Å². The predicted octanol–water partition coefficient (Wildman–Crippen LogP) is 10.8. The Hall–Kier alpha value is -2.89. The molecule has 3 aromatic rings. The number of guanidine groups is 1. The number of rotatable bonds is 20. The quantitative estimate of drug-likeness (QED) is 0.0289. The third kappa shape index (κ3) is 14.4. The standard InChI is InChI=1S/C64H100N6O7S2/c1-39-15-21-47-43-28-41(17-22-48(47)51(53(65)31-43)37-78-79-38-57(39)70-63(66)68-45-10-4-3-5-11-45)19-24-60-44(35-72)30-46(77-60)20-16-42-18-23-58(74)61(29-42)76-36-59(75)55-32-50-56(69-55)33-64(25-6-7-26-64)52-13-8-12-49(52)62(50)54(14-9-27-71)67-34-40(2)73/h18,23,29-30,32,39-41,43,45,47-49,51-54,57,59,62,67,69,71-75H,3-17,19-22,24-28,31,33-38,65H2,1-2H3,(H3,66,68,70). The summed E-state index contributed by atoms with van der Waals surface area (Å²) in [5.41, 5.74) is 19.1. The van der Waals surface area contributed by atoms with Crippen LogP contribution in [0.2, 0.25) is 0 Å². The van der Waals surface area contributed by atoms with E-state index in [4.69, 9.17) is 25.6 Å². The number of aliphatic imine (C=N–C) groups is 1. The zero-order valence-corrected chi connectivity index (χ0v) is 49.6. The highest BCUT2D eigenvalue weighted by molar-refractivity contribution is 8.76. The molecule has 13 nitrogen and oxygen atoms in total. The van der Waals surface area contributed by atoms with Gasteiger partial charge in [-0.3, -0.25) is 0 Å². The maximum absolute atomic E-state index is 11.8. The molecule has 1 saturated heterocycles. The summed E-state index contributed by atoms with van der Waals surface area (Å²) in [5.74, 6) is 9.82. The highest BCUT2D eigenvalue weighted by atomic mass is 33.1. The van der Waals surface area contributed by atoms with Gasteiger partial charge in [-0.15, -0.1) is 0 Å². The van der Waals surface area contributed by atoms with E-state index in [1.54, 1.807) is 6.07 Å². The van der Waals surface area contributed by atoms with E-state index >= 15 is 0 Å². The van der Waals surface area contributed by atoms with Crippen molar-refractivity contribution in [2.24, 2.45) is 69.2 Å². The first-order valence-corrected chi connectivity index (χ1v) is 34.0. The Labute approximate surface area is 480 Å². The van der Waals surface area contributed by atoms with E-state index in [9.17, 15) is 25.5 Å². The van der Waals surface area contributed by atoms with Crippen molar-refractivity contribution < 1.29 is 34.7 Å². The molecule has 1 aromatic carbocycles. The number of aliphatic hydroxyl groups excluding tert-OH is 4. The van der Waals surface area contributed by atoms with E-state index in [-0.39, 0.29) is 55.0 Å². The highest BCUT2D eigenvalue weighted by Crippen LogP contribution is 2.61. The van der Waals surface area contributed by atoms with Crippen LogP contribution in [0.4, 0.5) is 0 Å². The molecule has 79 heavy (non-hydrogen) atoms. The fourth-order valence-electron chi connectivity index (χ4n) is 17.1. The number of nitrogens with one attached hydrogen (secondary N) is 3. The van der Waals surface area contributed by atoms with Crippen LogP contribution in [0.25, 0.3) is 0 Å². The first kappa shape index (κ1) is 59.3.